The predicted octanol–water partition coefficient (Wildman–Crippen LogP) is 2.46. The van der Waals surface area contributed by atoms with Crippen molar-refractivity contribution in [1.82, 2.24) is 14.9 Å². The summed E-state index contributed by atoms with van der Waals surface area (Å²) in [6, 6.07) is 7.69. The van der Waals surface area contributed by atoms with Gasteiger partial charge in [0, 0.05) is 18.5 Å². The van der Waals surface area contributed by atoms with E-state index in [0.29, 0.717) is 26.1 Å². The fourth-order valence-electron chi connectivity index (χ4n) is 2.74. The second-order valence-electron chi connectivity index (χ2n) is 5.61. The molecule has 1 aliphatic rings. The Morgan fingerprint density at radius 1 is 1.42 bits per heavy atom. The standard InChI is InChI=1S/C18H21N3O3/c1-3-18(22)21-7-8-24-17(12-21)16-11-19-10-15(20-16)13-5-4-6-14(9-13)23-2/h4-6,9-11,17H,3,7-8,12H2,1-2H3. The average molecular weight is 327 g/mol. The van der Waals surface area contributed by atoms with Gasteiger partial charge >= 0.3 is 0 Å². The van der Waals surface area contributed by atoms with E-state index >= 15 is 0 Å². The third kappa shape index (κ3) is 3.54. The summed E-state index contributed by atoms with van der Waals surface area (Å²) in [6.45, 7) is 3.53. The van der Waals surface area contributed by atoms with Gasteiger partial charge in [0.25, 0.3) is 0 Å². The minimum Gasteiger partial charge on any atom is -0.497 e. The van der Waals surface area contributed by atoms with Crippen LogP contribution in [0.1, 0.15) is 25.1 Å². The largest absolute Gasteiger partial charge is 0.497 e. The number of carbonyl (C=O) groups excluding carboxylic acids is 1. The van der Waals surface area contributed by atoms with Gasteiger partial charge in [-0.25, -0.2) is 4.98 Å². The number of benzene rings is 1. The van der Waals surface area contributed by atoms with Gasteiger partial charge in [0.1, 0.15) is 11.9 Å². The zero-order valence-electron chi connectivity index (χ0n) is 13.9. The molecule has 2 heterocycles. The summed E-state index contributed by atoms with van der Waals surface area (Å²) in [6.07, 6.45) is 3.68. The molecular formula is C18H21N3O3. The maximum Gasteiger partial charge on any atom is 0.222 e. The van der Waals surface area contributed by atoms with Crippen LogP contribution in [0, 0.1) is 0 Å². The van der Waals surface area contributed by atoms with E-state index in [2.05, 4.69) is 9.97 Å². The number of aromatic nitrogens is 2. The molecule has 0 bridgehead atoms. The van der Waals surface area contributed by atoms with Gasteiger partial charge in [-0.15, -0.1) is 0 Å². The van der Waals surface area contributed by atoms with E-state index in [-0.39, 0.29) is 12.0 Å². The summed E-state index contributed by atoms with van der Waals surface area (Å²) in [4.78, 5) is 22.7. The summed E-state index contributed by atoms with van der Waals surface area (Å²) in [5.74, 6) is 0.911. The summed E-state index contributed by atoms with van der Waals surface area (Å²) in [5, 5.41) is 0. The van der Waals surface area contributed by atoms with Crippen molar-refractivity contribution in [2.24, 2.45) is 0 Å². The number of ether oxygens (including phenoxy) is 2. The topological polar surface area (TPSA) is 64.6 Å². The molecule has 1 atom stereocenters. The second kappa shape index (κ2) is 7.40. The number of rotatable bonds is 4. The second-order valence-corrected chi connectivity index (χ2v) is 5.61. The minimum atomic E-state index is -0.243. The predicted molar refractivity (Wildman–Crippen MR) is 89.6 cm³/mol. The molecule has 1 aromatic carbocycles. The molecule has 0 N–H and O–H groups in total. The van der Waals surface area contributed by atoms with E-state index < -0.39 is 0 Å². The smallest absolute Gasteiger partial charge is 0.222 e. The molecule has 0 saturated carbocycles. The molecule has 0 aliphatic carbocycles. The van der Waals surface area contributed by atoms with Crippen LogP contribution in [-0.4, -0.2) is 47.6 Å². The Balaban J connectivity index is 1.83. The minimum absolute atomic E-state index is 0.139. The lowest BCUT2D eigenvalue weighted by Crippen LogP contribution is -2.42. The highest BCUT2D eigenvalue weighted by Gasteiger charge is 2.26. The van der Waals surface area contributed by atoms with Gasteiger partial charge in [-0.3, -0.25) is 9.78 Å². The Hall–Kier alpha value is -2.47. The lowest BCUT2D eigenvalue weighted by molar-refractivity contribution is -0.138. The first-order valence-electron chi connectivity index (χ1n) is 8.07. The molecule has 24 heavy (non-hydrogen) atoms. The van der Waals surface area contributed by atoms with Crippen LogP contribution < -0.4 is 4.74 Å². The number of methoxy groups -OCH3 is 1. The van der Waals surface area contributed by atoms with Crippen LogP contribution in [0.3, 0.4) is 0 Å². The summed E-state index contributed by atoms with van der Waals surface area (Å²) in [7, 11) is 1.64. The average Bonchev–Trinajstić information content (AvgIpc) is 2.67. The first-order valence-corrected chi connectivity index (χ1v) is 8.07. The number of morpholine rings is 1. The maximum atomic E-state index is 11.9. The van der Waals surface area contributed by atoms with Gasteiger partial charge in [-0.05, 0) is 12.1 Å². The number of hydrogen-bond donors (Lipinski definition) is 0. The molecule has 1 saturated heterocycles. The normalized spacial score (nSPS) is 17.6. The van der Waals surface area contributed by atoms with Gasteiger partial charge in [0.2, 0.25) is 5.91 Å². The molecule has 1 unspecified atom stereocenters. The third-order valence-corrected chi connectivity index (χ3v) is 4.07. The van der Waals surface area contributed by atoms with Crippen molar-refractivity contribution in [2.75, 3.05) is 26.8 Å². The van der Waals surface area contributed by atoms with Crippen LogP contribution in [0.5, 0.6) is 5.75 Å². The molecular weight excluding hydrogens is 306 g/mol. The molecule has 0 radical (unpaired) electrons. The van der Waals surface area contributed by atoms with E-state index in [1.807, 2.05) is 36.1 Å². The van der Waals surface area contributed by atoms with Crippen molar-refractivity contribution in [3.63, 3.8) is 0 Å². The van der Waals surface area contributed by atoms with Gasteiger partial charge in [0.05, 0.1) is 44.0 Å². The van der Waals surface area contributed by atoms with Crippen LogP contribution in [0.15, 0.2) is 36.7 Å². The maximum absolute atomic E-state index is 11.9. The fourth-order valence-corrected chi connectivity index (χ4v) is 2.74. The summed E-state index contributed by atoms with van der Waals surface area (Å²) >= 11 is 0. The van der Waals surface area contributed by atoms with E-state index in [9.17, 15) is 4.79 Å². The van der Waals surface area contributed by atoms with Crippen molar-refractivity contribution in [3.05, 3.63) is 42.4 Å². The zero-order chi connectivity index (χ0) is 16.9. The van der Waals surface area contributed by atoms with Crippen molar-refractivity contribution < 1.29 is 14.3 Å². The highest BCUT2D eigenvalue weighted by atomic mass is 16.5. The molecule has 1 aliphatic heterocycles. The quantitative estimate of drug-likeness (QED) is 0.863. The molecule has 1 fully saturated rings. The Labute approximate surface area is 141 Å². The van der Waals surface area contributed by atoms with Crippen LogP contribution in [-0.2, 0) is 9.53 Å². The fraction of sp³-hybridized carbons (Fsp3) is 0.389. The lowest BCUT2D eigenvalue weighted by atomic mass is 10.1. The van der Waals surface area contributed by atoms with Crippen molar-refractivity contribution >= 4 is 5.91 Å². The summed E-state index contributed by atoms with van der Waals surface area (Å²) < 4.78 is 11.1. The van der Waals surface area contributed by atoms with Crippen LogP contribution in [0.4, 0.5) is 0 Å². The first kappa shape index (κ1) is 16.4. The summed E-state index contributed by atoms with van der Waals surface area (Å²) in [5.41, 5.74) is 2.43. The van der Waals surface area contributed by atoms with E-state index in [4.69, 9.17) is 9.47 Å². The molecule has 2 aromatic rings. The van der Waals surface area contributed by atoms with Gasteiger partial charge in [0.15, 0.2) is 0 Å². The van der Waals surface area contributed by atoms with Crippen LogP contribution >= 0.6 is 0 Å². The molecule has 1 aromatic heterocycles. The molecule has 6 heteroatoms. The van der Waals surface area contributed by atoms with Crippen molar-refractivity contribution in [2.45, 2.75) is 19.4 Å². The highest BCUT2D eigenvalue weighted by Crippen LogP contribution is 2.25. The molecule has 126 valence electrons. The lowest BCUT2D eigenvalue weighted by Gasteiger charge is -2.32. The van der Waals surface area contributed by atoms with Gasteiger partial charge in [-0.2, -0.15) is 0 Å². The molecule has 3 rings (SSSR count). The highest BCUT2D eigenvalue weighted by molar-refractivity contribution is 5.75. The SMILES string of the molecule is CCC(=O)N1CCOC(c2cncc(-c3cccc(OC)c3)n2)C1. The third-order valence-electron chi connectivity index (χ3n) is 4.07. The Bertz CT molecular complexity index is 720. The van der Waals surface area contributed by atoms with E-state index in [1.165, 1.54) is 0 Å². The molecule has 6 nitrogen and oxygen atoms in total. The van der Waals surface area contributed by atoms with E-state index in [1.54, 1.807) is 19.5 Å². The number of carbonyl (C=O) groups is 1. The van der Waals surface area contributed by atoms with Gasteiger partial charge in [-0.1, -0.05) is 19.1 Å². The molecule has 1 amide bonds. The Morgan fingerprint density at radius 2 is 2.29 bits per heavy atom. The number of hydrogen-bond acceptors (Lipinski definition) is 5. The van der Waals surface area contributed by atoms with Crippen LogP contribution in [0.25, 0.3) is 11.3 Å². The first-order chi connectivity index (χ1) is 11.7. The Morgan fingerprint density at radius 3 is 3.08 bits per heavy atom. The van der Waals surface area contributed by atoms with Crippen molar-refractivity contribution in [3.8, 4) is 17.0 Å². The van der Waals surface area contributed by atoms with Crippen molar-refractivity contribution in [1.29, 1.82) is 0 Å². The molecule has 0 spiro atoms. The zero-order valence-corrected chi connectivity index (χ0v) is 13.9. The monoisotopic (exact) mass is 327 g/mol. The number of nitrogens with zero attached hydrogens (tertiary/aromatic N) is 3. The van der Waals surface area contributed by atoms with Gasteiger partial charge < -0.3 is 14.4 Å². The van der Waals surface area contributed by atoms with Crippen LogP contribution in [0.2, 0.25) is 0 Å². The number of amides is 1. The Kier molecular flexibility index (Phi) is 5.05. The van der Waals surface area contributed by atoms with E-state index in [0.717, 1.165) is 22.7 Å².